The van der Waals surface area contributed by atoms with Crippen molar-refractivity contribution in [1.29, 1.82) is 0 Å². The van der Waals surface area contributed by atoms with E-state index in [2.05, 4.69) is 10.0 Å². The van der Waals surface area contributed by atoms with Gasteiger partial charge in [0.05, 0.1) is 0 Å². The van der Waals surface area contributed by atoms with Gasteiger partial charge in [-0.05, 0) is 17.5 Å². The predicted molar refractivity (Wildman–Crippen MR) is 112 cm³/mol. The summed E-state index contributed by atoms with van der Waals surface area (Å²) in [7, 11) is -2.33. The van der Waals surface area contributed by atoms with Crippen molar-refractivity contribution in [2.45, 2.75) is 24.3 Å². The Morgan fingerprint density at radius 2 is 1.60 bits per heavy atom. The topological polar surface area (TPSA) is 105 Å². The molecular weight excluding hydrogens is 406 g/mol. The van der Waals surface area contributed by atoms with Crippen LogP contribution in [0.25, 0.3) is 0 Å². The van der Waals surface area contributed by atoms with E-state index in [1.807, 2.05) is 60.7 Å². The summed E-state index contributed by atoms with van der Waals surface area (Å²) >= 11 is 0. The van der Waals surface area contributed by atoms with E-state index in [0.717, 1.165) is 11.1 Å². The number of nitrogens with one attached hydrogen (secondary N) is 2. The molecule has 3 rings (SSSR count). The third kappa shape index (κ3) is 5.58. The number of sulfonamides is 1. The minimum absolute atomic E-state index is 0.0226. The monoisotopic (exact) mass is 431 g/mol. The normalized spacial score (nSPS) is 15.2. The second-order valence-electron chi connectivity index (χ2n) is 7.09. The molecule has 30 heavy (non-hydrogen) atoms. The van der Waals surface area contributed by atoms with Crippen LogP contribution < -0.4 is 10.0 Å². The molecule has 0 saturated carbocycles. The van der Waals surface area contributed by atoms with Gasteiger partial charge in [0.2, 0.25) is 15.9 Å². The number of benzene rings is 2. The molecule has 0 bridgehead atoms. The molecule has 9 heteroatoms. The molecule has 8 nitrogen and oxygen atoms in total. The summed E-state index contributed by atoms with van der Waals surface area (Å²) < 4.78 is 33.1. The number of carbonyl (C=O) groups excluding carboxylic acids is 2. The lowest BCUT2D eigenvalue weighted by molar-refractivity contribution is -0.122. The highest BCUT2D eigenvalue weighted by Crippen LogP contribution is 2.18. The third-order valence-corrected chi connectivity index (χ3v) is 6.69. The summed E-state index contributed by atoms with van der Waals surface area (Å²) in [6.07, 6.45) is -0.326. The van der Waals surface area contributed by atoms with E-state index < -0.39 is 33.3 Å². The van der Waals surface area contributed by atoms with Crippen molar-refractivity contribution in [1.82, 2.24) is 14.9 Å². The molecular formula is C21H25N3O5S. The molecule has 1 aliphatic heterocycles. The number of rotatable bonds is 8. The first-order valence-corrected chi connectivity index (χ1v) is 11.2. The summed E-state index contributed by atoms with van der Waals surface area (Å²) in [6.45, 7) is 0.172. The van der Waals surface area contributed by atoms with Gasteiger partial charge in [0.25, 0.3) is 0 Å². The quantitative estimate of drug-likeness (QED) is 0.655. The fourth-order valence-corrected chi connectivity index (χ4v) is 4.63. The Morgan fingerprint density at radius 3 is 2.17 bits per heavy atom. The molecule has 1 saturated heterocycles. The van der Waals surface area contributed by atoms with Crippen LogP contribution in [0.5, 0.6) is 0 Å². The van der Waals surface area contributed by atoms with Crippen molar-refractivity contribution in [3.8, 4) is 0 Å². The second kappa shape index (κ2) is 9.73. The average Bonchev–Trinajstić information content (AvgIpc) is 2.71. The molecule has 1 heterocycles. The van der Waals surface area contributed by atoms with Crippen LogP contribution in [-0.4, -0.2) is 56.7 Å². The second-order valence-corrected chi connectivity index (χ2v) is 9.08. The maximum atomic E-state index is 12.7. The minimum Gasteiger partial charge on any atom is -0.445 e. The summed E-state index contributed by atoms with van der Waals surface area (Å²) in [6, 6.07) is 17.5. The summed E-state index contributed by atoms with van der Waals surface area (Å²) in [5.41, 5.74) is 1.69. The molecule has 0 aromatic heterocycles. The molecule has 0 radical (unpaired) electrons. The molecule has 1 atom stereocenters. The Balaban J connectivity index is 1.53. The van der Waals surface area contributed by atoms with Crippen molar-refractivity contribution >= 4 is 22.0 Å². The van der Waals surface area contributed by atoms with Gasteiger partial charge in [-0.3, -0.25) is 4.79 Å². The van der Waals surface area contributed by atoms with Gasteiger partial charge in [0, 0.05) is 20.1 Å². The predicted octanol–water partition coefficient (Wildman–Crippen LogP) is 1.28. The number of ether oxygens (including phenoxy) is 1. The van der Waals surface area contributed by atoms with Crippen molar-refractivity contribution in [2.75, 3.05) is 20.1 Å². The standard InChI is InChI=1S/C21H25N3O5S/c1-22-20(25)19(12-16-8-4-2-5-9-16)23-30(27,28)18-13-24(14-18)21(26)29-15-17-10-6-3-7-11-17/h2-11,18-19,23H,12-15H2,1H3,(H,22,25). The molecule has 2 aromatic carbocycles. The van der Waals surface area contributed by atoms with E-state index in [-0.39, 0.29) is 26.1 Å². The molecule has 1 fully saturated rings. The van der Waals surface area contributed by atoms with Gasteiger partial charge in [-0.15, -0.1) is 0 Å². The van der Waals surface area contributed by atoms with Crippen LogP contribution >= 0.6 is 0 Å². The van der Waals surface area contributed by atoms with E-state index >= 15 is 0 Å². The highest BCUT2D eigenvalue weighted by Gasteiger charge is 2.42. The van der Waals surface area contributed by atoms with E-state index in [4.69, 9.17) is 4.74 Å². The number of hydrogen-bond donors (Lipinski definition) is 2. The Kier molecular flexibility index (Phi) is 7.07. The fourth-order valence-electron chi connectivity index (χ4n) is 3.10. The highest BCUT2D eigenvalue weighted by molar-refractivity contribution is 7.90. The number of likely N-dealkylation sites (N-methyl/N-ethyl adjacent to an activating group) is 1. The zero-order valence-corrected chi connectivity index (χ0v) is 17.5. The van der Waals surface area contributed by atoms with Gasteiger partial charge in [0.1, 0.15) is 17.9 Å². The Labute approximate surface area is 176 Å². The maximum absolute atomic E-state index is 12.7. The molecule has 1 unspecified atom stereocenters. The number of nitrogens with zero attached hydrogens (tertiary/aromatic N) is 1. The smallest absolute Gasteiger partial charge is 0.410 e. The number of carbonyl (C=O) groups is 2. The van der Waals surface area contributed by atoms with Crippen molar-refractivity contribution in [2.24, 2.45) is 0 Å². The SMILES string of the molecule is CNC(=O)C(Cc1ccccc1)NS(=O)(=O)C1CN(C(=O)OCc2ccccc2)C1. The molecule has 0 spiro atoms. The highest BCUT2D eigenvalue weighted by atomic mass is 32.2. The lowest BCUT2D eigenvalue weighted by Gasteiger charge is -2.38. The Bertz CT molecular complexity index is 961. The van der Waals surface area contributed by atoms with Crippen LogP contribution in [0.15, 0.2) is 60.7 Å². The maximum Gasteiger partial charge on any atom is 0.410 e. The largest absolute Gasteiger partial charge is 0.445 e. The number of amides is 2. The van der Waals surface area contributed by atoms with E-state index in [1.54, 1.807) is 0 Å². The first kappa shape index (κ1) is 21.8. The fraction of sp³-hybridized carbons (Fsp3) is 0.333. The van der Waals surface area contributed by atoms with Crippen LogP contribution in [0.2, 0.25) is 0 Å². The van der Waals surface area contributed by atoms with Crippen molar-refractivity contribution < 1.29 is 22.7 Å². The summed E-state index contributed by atoms with van der Waals surface area (Å²) in [5.74, 6) is -0.416. The first-order chi connectivity index (χ1) is 14.4. The molecule has 2 amide bonds. The van der Waals surface area contributed by atoms with Crippen LogP contribution in [0, 0.1) is 0 Å². The Morgan fingerprint density at radius 1 is 1.03 bits per heavy atom. The van der Waals surface area contributed by atoms with Gasteiger partial charge in [-0.25, -0.2) is 17.9 Å². The third-order valence-electron chi connectivity index (χ3n) is 4.90. The number of likely N-dealkylation sites (tertiary alicyclic amines) is 1. The molecule has 0 aliphatic carbocycles. The minimum atomic E-state index is -3.79. The zero-order valence-electron chi connectivity index (χ0n) is 16.7. The van der Waals surface area contributed by atoms with Crippen LogP contribution in [0.3, 0.4) is 0 Å². The van der Waals surface area contributed by atoms with E-state index in [9.17, 15) is 18.0 Å². The van der Waals surface area contributed by atoms with Crippen LogP contribution in [-0.2, 0) is 32.6 Å². The number of hydrogen-bond acceptors (Lipinski definition) is 5. The summed E-state index contributed by atoms with van der Waals surface area (Å²) in [5, 5.41) is 1.70. The molecule has 160 valence electrons. The molecule has 2 aromatic rings. The van der Waals surface area contributed by atoms with Gasteiger partial charge >= 0.3 is 6.09 Å². The lowest BCUT2D eigenvalue weighted by atomic mass is 10.1. The van der Waals surface area contributed by atoms with E-state index in [1.165, 1.54) is 11.9 Å². The average molecular weight is 432 g/mol. The molecule has 2 N–H and O–H groups in total. The first-order valence-electron chi connectivity index (χ1n) is 9.61. The zero-order chi connectivity index (χ0) is 21.6. The van der Waals surface area contributed by atoms with Gasteiger partial charge in [0.15, 0.2) is 0 Å². The molecule has 1 aliphatic rings. The lowest BCUT2D eigenvalue weighted by Crippen LogP contribution is -2.61. The van der Waals surface area contributed by atoms with Gasteiger partial charge in [-0.1, -0.05) is 60.7 Å². The summed E-state index contributed by atoms with van der Waals surface area (Å²) in [4.78, 5) is 25.6. The van der Waals surface area contributed by atoms with Crippen molar-refractivity contribution in [3.05, 3.63) is 71.8 Å². The van der Waals surface area contributed by atoms with Gasteiger partial charge in [-0.2, -0.15) is 0 Å². The van der Waals surface area contributed by atoms with Crippen molar-refractivity contribution in [3.63, 3.8) is 0 Å². The van der Waals surface area contributed by atoms with Crippen LogP contribution in [0.4, 0.5) is 4.79 Å². The van der Waals surface area contributed by atoms with Crippen LogP contribution in [0.1, 0.15) is 11.1 Å². The van der Waals surface area contributed by atoms with E-state index in [0.29, 0.717) is 0 Å². The van der Waals surface area contributed by atoms with Gasteiger partial charge < -0.3 is 15.0 Å². The Hall–Kier alpha value is -2.91.